The number of carbonyl (C=O) groups excluding carboxylic acids is 1. The number of amides is 1. The van der Waals surface area contributed by atoms with Gasteiger partial charge in [0.2, 0.25) is 0 Å². The van der Waals surface area contributed by atoms with Crippen LogP contribution in [0.15, 0.2) is 73.1 Å². The van der Waals surface area contributed by atoms with E-state index in [2.05, 4.69) is 10.3 Å². The molecule has 0 fully saturated rings. The number of carbonyl (C=O) groups is 1. The Bertz CT molecular complexity index is 1170. The van der Waals surface area contributed by atoms with Crippen molar-refractivity contribution in [1.82, 2.24) is 9.38 Å². The lowest BCUT2D eigenvalue weighted by atomic mass is 10.2. The van der Waals surface area contributed by atoms with E-state index in [1.54, 1.807) is 18.2 Å². The van der Waals surface area contributed by atoms with Crippen LogP contribution in [0.2, 0.25) is 0 Å². The molecule has 4 aromatic rings. The van der Waals surface area contributed by atoms with E-state index in [4.69, 9.17) is 9.47 Å². The van der Waals surface area contributed by atoms with Gasteiger partial charge < -0.3 is 19.2 Å². The molecule has 30 heavy (non-hydrogen) atoms. The van der Waals surface area contributed by atoms with Gasteiger partial charge in [0, 0.05) is 23.6 Å². The minimum absolute atomic E-state index is 0.201. The molecule has 6 nitrogen and oxygen atoms in total. The summed E-state index contributed by atoms with van der Waals surface area (Å²) in [5.41, 5.74) is 4.08. The molecule has 2 aromatic heterocycles. The van der Waals surface area contributed by atoms with E-state index >= 15 is 0 Å². The van der Waals surface area contributed by atoms with Gasteiger partial charge in [-0.2, -0.15) is 0 Å². The van der Waals surface area contributed by atoms with Crippen molar-refractivity contribution in [3.05, 3.63) is 89.9 Å². The van der Waals surface area contributed by atoms with Gasteiger partial charge in [-0.1, -0.05) is 12.1 Å². The third kappa shape index (κ3) is 4.43. The maximum Gasteiger partial charge on any atom is 0.255 e. The van der Waals surface area contributed by atoms with Crippen molar-refractivity contribution in [1.29, 1.82) is 0 Å². The third-order valence-electron chi connectivity index (χ3n) is 4.63. The molecule has 6 heteroatoms. The second kappa shape index (κ2) is 8.69. The summed E-state index contributed by atoms with van der Waals surface area (Å²) in [6.45, 7) is 4.89. The fraction of sp³-hybridized carbons (Fsp3) is 0.167. The number of ether oxygens (including phenoxy) is 2. The summed E-state index contributed by atoms with van der Waals surface area (Å²) >= 11 is 0. The number of rotatable bonds is 7. The predicted molar refractivity (Wildman–Crippen MR) is 116 cm³/mol. The van der Waals surface area contributed by atoms with Crippen LogP contribution in [-0.2, 0) is 6.61 Å². The Labute approximate surface area is 175 Å². The summed E-state index contributed by atoms with van der Waals surface area (Å²) in [5, 5.41) is 2.89. The summed E-state index contributed by atoms with van der Waals surface area (Å²) < 4.78 is 13.3. The Balaban J connectivity index is 1.41. The Morgan fingerprint density at radius 1 is 1.03 bits per heavy atom. The average molecular weight is 401 g/mol. The fourth-order valence-corrected chi connectivity index (χ4v) is 3.16. The van der Waals surface area contributed by atoms with Gasteiger partial charge in [0.25, 0.3) is 5.91 Å². The number of aromatic nitrogens is 2. The second-order valence-corrected chi connectivity index (χ2v) is 6.88. The monoisotopic (exact) mass is 401 g/mol. The highest BCUT2D eigenvalue weighted by Crippen LogP contribution is 2.19. The Kier molecular flexibility index (Phi) is 5.66. The van der Waals surface area contributed by atoms with Gasteiger partial charge in [0.05, 0.1) is 12.3 Å². The molecule has 4 rings (SSSR count). The van der Waals surface area contributed by atoms with Crippen molar-refractivity contribution in [2.75, 3.05) is 11.9 Å². The van der Waals surface area contributed by atoms with Crippen molar-refractivity contribution < 1.29 is 14.3 Å². The van der Waals surface area contributed by atoms with Gasteiger partial charge >= 0.3 is 0 Å². The lowest BCUT2D eigenvalue weighted by molar-refractivity contribution is 0.102. The van der Waals surface area contributed by atoms with Gasteiger partial charge in [0.1, 0.15) is 23.8 Å². The van der Waals surface area contributed by atoms with Crippen LogP contribution >= 0.6 is 0 Å². The second-order valence-electron chi connectivity index (χ2n) is 6.88. The zero-order valence-corrected chi connectivity index (χ0v) is 17.0. The topological polar surface area (TPSA) is 64.9 Å². The highest BCUT2D eigenvalue weighted by Gasteiger charge is 2.09. The summed E-state index contributed by atoms with van der Waals surface area (Å²) in [6, 6.07) is 18.4. The number of pyridine rings is 1. The molecule has 0 saturated carbocycles. The maximum atomic E-state index is 12.6. The summed E-state index contributed by atoms with van der Waals surface area (Å²) in [5.74, 6) is 1.18. The third-order valence-corrected chi connectivity index (χ3v) is 4.63. The van der Waals surface area contributed by atoms with Crippen LogP contribution in [0.5, 0.6) is 11.5 Å². The Morgan fingerprint density at radius 2 is 1.87 bits per heavy atom. The van der Waals surface area contributed by atoms with Gasteiger partial charge in [-0.05, 0) is 67.9 Å². The van der Waals surface area contributed by atoms with Crippen LogP contribution in [0.1, 0.15) is 28.5 Å². The smallest absolute Gasteiger partial charge is 0.255 e. The number of hydrogen-bond acceptors (Lipinski definition) is 4. The van der Waals surface area contributed by atoms with Gasteiger partial charge in [-0.25, -0.2) is 4.98 Å². The molecular formula is C24H23N3O3. The van der Waals surface area contributed by atoms with Crippen LogP contribution in [0.25, 0.3) is 5.65 Å². The highest BCUT2D eigenvalue weighted by molar-refractivity contribution is 6.04. The molecule has 0 aliphatic heterocycles. The summed E-state index contributed by atoms with van der Waals surface area (Å²) in [6.07, 6.45) is 3.91. The van der Waals surface area contributed by atoms with Crippen molar-refractivity contribution in [2.45, 2.75) is 20.5 Å². The molecule has 1 amide bonds. The summed E-state index contributed by atoms with van der Waals surface area (Å²) in [7, 11) is 0. The number of nitrogens with zero attached hydrogens (tertiary/aromatic N) is 2. The average Bonchev–Trinajstić information content (AvgIpc) is 3.19. The minimum atomic E-state index is -0.201. The molecule has 0 saturated heterocycles. The molecule has 1 N–H and O–H groups in total. The SMILES string of the molecule is CCOc1ccc(NC(=O)c2cccc(OCc3cn4cccc(C)c4n3)c2)cc1. The Morgan fingerprint density at radius 3 is 2.63 bits per heavy atom. The molecule has 2 heterocycles. The first-order chi connectivity index (χ1) is 14.6. The fourth-order valence-electron chi connectivity index (χ4n) is 3.16. The van der Waals surface area contributed by atoms with E-state index in [1.165, 1.54) is 0 Å². The van der Waals surface area contributed by atoms with E-state index in [0.29, 0.717) is 30.2 Å². The van der Waals surface area contributed by atoms with Crippen LogP contribution in [-0.4, -0.2) is 21.9 Å². The number of aryl methyl sites for hydroxylation is 1. The maximum absolute atomic E-state index is 12.6. The minimum Gasteiger partial charge on any atom is -0.494 e. The lowest BCUT2D eigenvalue weighted by Gasteiger charge is -2.09. The molecule has 2 aromatic carbocycles. The molecule has 0 aliphatic rings. The first-order valence-electron chi connectivity index (χ1n) is 9.82. The van der Waals surface area contributed by atoms with E-state index in [-0.39, 0.29) is 5.91 Å². The number of hydrogen-bond donors (Lipinski definition) is 1. The zero-order chi connectivity index (χ0) is 20.9. The molecule has 0 atom stereocenters. The molecule has 0 unspecified atom stereocenters. The first-order valence-corrected chi connectivity index (χ1v) is 9.82. The standard InChI is InChI=1S/C24H23N3O3/c1-3-29-21-11-9-19(10-12-21)26-24(28)18-7-4-8-22(14-18)30-16-20-15-27-13-5-6-17(2)23(27)25-20/h4-15H,3,16H2,1-2H3,(H,26,28). The number of fused-ring (bicyclic) bond motifs is 1. The molecule has 0 spiro atoms. The van der Waals surface area contributed by atoms with Crippen LogP contribution < -0.4 is 14.8 Å². The van der Waals surface area contributed by atoms with Crippen LogP contribution in [0.4, 0.5) is 5.69 Å². The Hall–Kier alpha value is -3.80. The normalized spacial score (nSPS) is 10.7. The molecule has 0 bridgehead atoms. The van der Waals surface area contributed by atoms with Gasteiger partial charge in [-0.3, -0.25) is 4.79 Å². The molecule has 0 aliphatic carbocycles. The van der Waals surface area contributed by atoms with Crippen LogP contribution in [0.3, 0.4) is 0 Å². The number of benzene rings is 2. The zero-order valence-electron chi connectivity index (χ0n) is 17.0. The van der Waals surface area contributed by atoms with Crippen molar-refractivity contribution in [3.8, 4) is 11.5 Å². The largest absolute Gasteiger partial charge is 0.494 e. The molecular weight excluding hydrogens is 378 g/mol. The summed E-state index contributed by atoms with van der Waals surface area (Å²) in [4.78, 5) is 17.2. The molecule has 152 valence electrons. The van der Waals surface area contributed by atoms with E-state index in [0.717, 1.165) is 22.7 Å². The highest BCUT2D eigenvalue weighted by atomic mass is 16.5. The quantitative estimate of drug-likeness (QED) is 0.480. The van der Waals surface area contributed by atoms with E-state index in [1.807, 2.05) is 73.1 Å². The van der Waals surface area contributed by atoms with Crippen molar-refractivity contribution in [2.24, 2.45) is 0 Å². The van der Waals surface area contributed by atoms with Gasteiger partial charge in [0.15, 0.2) is 0 Å². The van der Waals surface area contributed by atoms with E-state index < -0.39 is 0 Å². The molecule has 0 radical (unpaired) electrons. The predicted octanol–water partition coefficient (Wildman–Crippen LogP) is 4.87. The lowest BCUT2D eigenvalue weighted by Crippen LogP contribution is -2.12. The van der Waals surface area contributed by atoms with Gasteiger partial charge in [-0.15, -0.1) is 0 Å². The van der Waals surface area contributed by atoms with Crippen LogP contribution in [0, 0.1) is 6.92 Å². The van der Waals surface area contributed by atoms with E-state index in [9.17, 15) is 4.79 Å². The van der Waals surface area contributed by atoms with Crippen molar-refractivity contribution in [3.63, 3.8) is 0 Å². The number of imidazole rings is 1. The number of anilines is 1. The first kappa shape index (κ1) is 19.5. The number of nitrogens with one attached hydrogen (secondary N) is 1. The van der Waals surface area contributed by atoms with Crippen molar-refractivity contribution >= 4 is 17.2 Å².